The van der Waals surface area contributed by atoms with Crippen LogP contribution in [-0.2, 0) is 16.0 Å². The maximum Gasteiger partial charge on any atom is 0.223 e. The van der Waals surface area contributed by atoms with Crippen molar-refractivity contribution < 1.29 is 14.6 Å². The van der Waals surface area contributed by atoms with Crippen LogP contribution in [0.1, 0.15) is 18.4 Å². The highest BCUT2D eigenvalue weighted by molar-refractivity contribution is 7.18. The van der Waals surface area contributed by atoms with Crippen molar-refractivity contribution in [2.75, 3.05) is 19.8 Å². The summed E-state index contributed by atoms with van der Waals surface area (Å²) in [6, 6.07) is 8.08. The van der Waals surface area contributed by atoms with Crippen molar-refractivity contribution in [2.45, 2.75) is 31.9 Å². The maximum atomic E-state index is 12.4. The summed E-state index contributed by atoms with van der Waals surface area (Å²) in [5.41, 5.74) is 0.995. The van der Waals surface area contributed by atoms with E-state index in [1.807, 2.05) is 36.1 Å². The molecule has 2 heterocycles. The number of benzene rings is 1. The zero-order valence-corrected chi connectivity index (χ0v) is 13.4. The predicted molar refractivity (Wildman–Crippen MR) is 85.9 cm³/mol. The number of para-hydroxylation sites is 1. The second-order valence-corrected chi connectivity index (χ2v) is 6.72. The number of morpholine rings is 1. The van der Waals surface area contributed by atoms with Crippen LogP contribution in [0.2, 0.25) is 0 Å². The first-order valence-corrected chi connectivity index (χ1v) is 8.35. The van der Waals surface area contributed by atoms with E-state index < -0.39 is 0 Å². The summed E-state index contributed by atoms with van der Waals surface area (Å²) >= 11 is 1.65. The van der Waals surface area contributed by atoms with E-state index in [-0.39, 0.29) is 24.7 Å². The summed E-state index contributed by atoms with van der Waals surface area (Å²) in [6.07, 6.45) is 0.844. The van der Waals surface area contributed by atoms with Crippen LogP contribution in [0.4, 0.5) is 0 Å². The molecule has 1 aliphatic heterocycles. The van der Waals surface area contributed by atoms with Gasteiger partial charge in [-0.2, -0.15) is 0 Å². The van der Waals surface area contributed by atoms with Crippen LogP contribution in [0.3, 0.4) is 0 Å². The van der Waals surface area contributed by atoms with E-state index in [4.69, 9.17) is 4.74 Å². The van der Waals surface area contributed by atoms with Crippen molar-refractivity contribution in [3.8, 4) is 0 Å². The molecule has 22 heavy (non-hydrogen) atoms. The smallest absolute Gasteiger partial charge is 0.223 e. The number of hydrogen-bond donors (Lipinski definition) is 1. The summed E-state index contributed by atoms with van der Waals surface area (Å²) in [5.74, 6) is 0.105. The third kappa shape index (κ3) is 3.29. The summed E-state index contributed by atoms with van der Waals surface area (Å²) < 4.78 is 6.63. The first-order chi connectivity index (χ1) is 10.7. The van der Waals surface area contributed by atoms with Crippen LogP contribution in [0, 0.1) is 0 Å². The van der Waals surface area contributed by atoms with Crippen molar-refractivity contribution in [3.05, 3.63) is 29.3 Å². The van der Waals surface area contributed by atoms with Gasteiger partial charge in [-0.05, 0) is 19.1 Å². The molecule has 1 saturated heterocycles. The fourth-order valence-electron chi connectivity index (χ4n) is 2.66. The summed E-state index contributed by atoms with van der Waals surface area (Å²) in [4.78, 5) is 18.8. The van der Waals surface area contributed by atoms with Gasteiger partial charge in [-0.3, -0.25) is 4.79 Å². The van der Waals surface area contributed by atoms with Crippen LogP contribution >= 0.6 is 11.3 Å². The molecule has 1 aliphatic rings. The minimum Gasteiger partial charge on any atom is -0.394 e. The molecule has 0 spiro atoms. The molecule has 0 saturated carbocycles. The van der Waals surface area contributed by atoms with Crippen molar-refractivity contribution in [2.24, 2.45) is 0 Å². The molecule has 1 aromatic carbocycles. The van der Waals surface area contributed by atoms with Gasteiger partial charge in [0, 0.05) is 19.4 Å². The molecular weight excluding hydrogens is 300 g/mol. The molecule has 5 nitrogen and oxygen atoms in total. The second-order valence-electron chi connectivity index (χ2n) is 5.61. The van der Waals surface area contributed by atoms with Gasteiger partial charge in [0.15, 0.2) is 0 Å². The number of carbonyl (C=O) groups is 1. The Morgan fingerprint density at radius 3 is 3.09 bits per heavy atom. The molecular formula is C16H20N2O3S. The molecule has 0 aliphatic carbocycles. The minimum atomic E-state index is -0.261. The van der Waals surface area contributed by atoms with Crippen molar-refractivity contribution in [1.29, 1.82) is 0 Å². The van der Waals surface area contributed by atoms with E-state index >= 15 is 0 Å². The number of nitrogens with zero attached hydrogens (tertiary/aromatic N) is 2. The van der Waals surface area contributed by atoms with Gasteiger partial charge in [-0.15, -0.1) is 11.3 Å². The average Bonchev–Trinajstić information content (AvgIpc) is 2.96. The molecule has 0 bridgehead atoms. The Morgan fingerprint density at radius 2 is 2.32 bits per heavy atom. The van der Waals surface area contributed by atoms with E-state index in [9.17, 15) is 9.90 Å². The number of thiazole rings is 1. The van der Waals surface area contributed by atoms with Gasteiger partial charge in [0.25, 0.3) is 0 Å². The van der Waals surface area contributed by atoms with Crippen molar-refractivity contribution >= 4 is 27.5 Å². The third-order valence-electron chi connectivity index (χ3n) is 3.92. The topological polar surface area (TPSA) is 62.7 Å². The van der Waals surface area contributed by atoms with Gasteiger partial charge in [0.2, 0.25) is 5.91 Å². The average molecular weight is 320 g/mol. The van der Waals surface area contributed by atoms with Crippen LogP contribution in [0.15, 0.2) is 24.3 Å². The van der Waals surface area contributed by atoms with Gasteiger partial charge in [0.1, 0.15) is 0 Å². The molecule has 6 heteroatoms. The van der Waals surface area contributed by atoms with Gasteiger partial charge in [0.05, 0.1) is 40.6 Å². The number of ether oxygens (including phenoxy) is 1. The molecule has 3 rings (SSSR count). The number of hydrogen-bond acceptors (Lipinski definition) is 5. The number of amides is 1. The Morgan fingerprint density at radius 1 is 1.50 bits per heavy atom. The summed E-state index contributed by atoms with van der Waals surface area (Å²) in [5, 5.41) is 10.2. The normalized spacial score (nSPS) is 22.2. The number of aliphatic hydroxyl groups excluding tert-OH is 1. The fourth-order valence-corrected chi connectivity index (χ4v) is 3.63. The summed E-state index contributed by atoms with van der Waals surface area (Å²) in [6.45, 7) is 2.88. The van der Waals surface area contributed by atoms with Gasteiger partial charge in [-0.25, -0.2) is 4.98 Å². The molecule has 0 radical (unpaired) electrons. The largest absolute Gasteiger partial charge is 0.394 e. The first kappa shape index (κ1) is 15.4. The lowest BCUT2D eigenvalue weighted by Gasteiger charge is -2.37. The Balaban J connectivity index is 1.61. The van der Waals surface area contributed by atoms with E-state index in [1.54, 1.807) is 11.3 Å². The lowest BCUT2D eigenvalue weighted by Crippen LogP contribution is -2.52. The highest BCUT2D eigenvalue weighted by Crippen LogP contribution is 2.23. The highest BCUT2D eigenvalue weighted by Gasteiger charge is 2.28. The van der Waals surface area contributed by atoms with Gasteiger partial charge in [-0.1, -0.05) is 12.1 Å². The van der Waals surface area contributed by atoms with Crippen LogP contribution < -0.4 is 0 Å². The number of aromatic nitrogens is 1. The molecule has 1 aromatic heterocycles. The van der Waals surface area contributed by atoms with E-state index in [0.717, 1.165) is 15.2 Å². The van der Waals surface area contributed by atoms with E-state index in [0.29, 0.717) is 26.0 Å². The first-order valence-electron chi connectivity index (χ1n) is 7.53. The predicted octanol–water partition coefficient (Wildman–Crippen LogP) is 1.84. The highest BCUT2D eigenvalue weighted by atomic mass is 32.1. The molecule has 1 fully saturated rings. The quantitative estimate of drug-likeness (QED) is 0.934. The van der Waals surface area contributed by atoms with Crippen LogP contribution in [0.25, 0.3) is 10.2 Å². The Labute approximate surface area is 133 Å². The molecule has 2 aromatic rings. The zero-order valence-electron chi connectivity index (χ0n) is 12.6. The van der Waals surface area contributed by atoms with E-state index in [2.05, 4.69) is 4.98 Å². The number of fused-ring (bicyclic) bond motifs is 1. The molecule has 2 unspecified atom stereocenters. The molecule has 1 N–H and O–H groups in total. The monoisotopic (exact) mass is 320 g/mol. The van der Waals surface area contributed by atoms with Gasteiger partial charge >= 0.3 is 0 Å². The third-order valence-corrected chi connectivity index (χ3v) is 5.02. The standard InChI is InChI=1S/C16H20N2O3S/c1-11-10-21-12(9-19)8-18(11)16(20)7-6-15-17-13-4-2-3-5-14(13)22-15/h2-5,11-12,19H,6-10H2,1H3. The Hall–Kier alpha value is -1.50. The zero-order chi connectivity index (χ0) is 15.5. The molecule has 118 valence electrons. The Bertz CT molecular complexity index is 625. The van der Waals surface area contributed by atoms with Crippen molar-refractivity contribution in [1.82, 2.24) is 9.88 Å². The second kappa shape index (κ2) is 6.73. The lowest BCUT2D eigenvalue weighted by molar-refractivity contribution is -0.146. The van der Waals surface area contributed by atoms with Crippen LogP contribution in [-0.4, -0.2) is 52.8 Å². The number of aliphatic hydroxyl groups is 1. The minimum absolute atomic E-state index is 0.0473. The SMILES string of the molecule is CC1COC(CO)CN1C(=O)CCc1nc2ccccc2s1. The molecule has 2 atom stereocenters. The maximum absolute atomic E-state index is 12.4. The summed E-state index contributed by atoms with van der Waals surface area (Å²) in [7, 11) is 0. The lowest BCUT2D eigenvalue weighted by atomic mass is 10.1. The van der Waals surface area contributed by atoms with E-state index in [1.165, 1.54) is 0 Å². The van der Waals surface area contributed by atoms with Crippen molar-refractivity contribution in [3.63, 3.8) is 0 Å². The Kier molecular flexibility index (Phi) is 4.71. The number of carbonyl (C=O) groups excluding carboxylic acids is 1. The number of aryl methyl sites for hydroxylation is 1. The number of rotatable bonds is 4. The van der Waals surface area contributed by atoms with Gasteiger partial charge < -0.3 is 14.7 Å². The fraction of sp³-hybridized carbons (Fsp3) is 0.500. The molecule has 1 amide bonds. The van der Waals surface area contributed by atoms with Crippen LogP contribution in [0.5, 0.6) is 0 Å².